The second kappa shape index (κ2) is 2.61. The van der Waals surface area contributed by atoms with Gasteiger partial charge in [0.2, 0.25) is 0 Å². The zero-order valence-corrected chi connectivity index (χ0v) is 8.24. The van der Waals surface area contributed by atoms with Gasteiger partial charge in [-0.05, 0) is 26.7 Å². The number of hydrogen-bond acceptors (Lipinski definition) is 2. The van der Waals surface area contributed by atoms with Crippen LogP contribution in [-0.2, 0) is 9.24 Å². The third-order valence-corrected chi connectivity index (χ3v) is 3.79. The molecular weight excluding hydrogens is 186 g/mol. The maximum Gasteiger partial charge on any atom is 0.300 e. The molecule has 1 aliphatic heterocycles. The molecule has 0 aromatic carbocycles. The van der Waals surface area contributed by atoms with Crippen molar-refractivity contribution in [2.45, 2.75) is 32.2 Å². The molecule has 1 heterocycles. The van der Waals surface area contributed by atoms with E-state index < -0.39 is 9.24 Å². The van der Waals surface area contributed by atoms with Gasteiger partial charge in [-0.2, -0.15) is 12.7 Å². The molecule has 0 aliphatic carbocycles. The zero-order chi connectivity index (χ0) is 8.70. The maximum absolute atomic E-state index is 10.9. The Hall–Kier alpha value is 0.200. The van der Waals surface area contributed by atoms with Gasteiger partial charge in [-0.15, -0.1) is 0 Å². The highest BCUT2D eigenvalue weighted by atomic mass is 35.7. The van der Waals surface area contributed by atoms with Gasteiger partial charge < -0.3 is 0 Å². The van der Waals surface area contributed by atoms with E-state index in [9.17, 15) is 8.42 Å². The third-order valence-electron chi connectivity index (χ3n) is 2.09. The Labute approximate surface area is 71.9 Å². The molecule has 1 fully saturated rings. The zero-order valence-electron chi connectivity index (χ0n) is 6.67. The minimum atomic E-state index is -3.50. The molecule has 0 atom stereocenters. The normalized spacial score (nSPS) is 25.7. The Morgan fingerprint density at radius 3 is 2.18 bits per heavy atom. The molecule has 0 radical (unpaired) electrons. The van der Waals surface area contributed by atoms with Crippen LogP contribution >= 0.6 is 10.7 Å². The van der Waals surface area contributed by atoms with Crippen molar-refractivity contribution in [2.24, 2.45) is 0 Å². The topological polar surface area (TPSA) is 37.4 Å². The Kier molecular flexibility index (Phi) is 2.20. The van der Waals surface area contributed by atoms with Crippen LogP contribution in [0.25, 0.3) is 0 Å². The van der Waals surface area contributed by atoms with E-state index in [2.05, 4.69) is 0 Å². The minimum Gasteiger partial charge on any atom is -0.195 e. The average molecular weight is 198 g/mol. The quantitative estimate of drug-likeness (QED) is 0.595. The highest BCUT2D eigenvalue weighted by Gasteiger charge is 2.38. The first-order chi connectivity index (χ1) is 4.84. The predicted molar refractivity (Wildman–Crippen MR) is 44.8 cm³/mol. The predicted octanol–water partition coefficient (Wildman–Crippen LogP) is 1.34. The van der Waals surface area contributed by atoms with Crippen molar-refractivity contribution in [1.29, 1.82) is 0 Å². The summed E-state index contributed by atoms with van der Waals surface area (Å²) in [5.74, 6) is 0. The van der Waals surface area contributed by atoms with Gasteiger partial charge >= 0.3 is 0 Å². The molecule has 1 rings (SSSR count). The number of rotatable bonds is 1. The number of halogens is 1. The molecule has 5 heteroatoms. The van der Waals surface area contributed by atoms with Crippen LogP contribution in [0.2, 0.25) is 0 Å². The van der Waals surface area contributed by atoms with Crippen molar-refractivity contribution in [3.63, 3.8) is 0 Å². The van der Waals surface area contributed by atoms with Crippen molar-refractivity contribution < 1.29 is 8.42 Å². The Morgan fingerprint density at radius 2 is 2.00 bits per heavy atom. The Bertz CT molecular complexity index is 247. The number of nitrogens with zero attached hydrogens (tertiary/aromatic N) is 1. The Balaban J connectivity index is 2.91. The van der Waals surface area contributed by atoms with Crippen molar-refractivity contribution in [3.8, 4) is 0 Å². The molecule has 0 saturated carbocycles. The molecule has 3 nitrogen and oxygen atoms in total. The third kappa shape index (κ3) is 1.86. The largest absolute Gasteiger partial charge is 0.300 e. The van der Waals surface area contributed by atoms with Crippen LogP contribution in [0, 0.1) is 0 Å². The Morgan fingerprint density at radius 1 is 1.45 bits per heavy atom. The molecular formula is C6H12ClNO2S. The highest BCUT2D eigenvalue weighted by molar-refractivity contribution is 8.11. The van der Waals surface area contributed by atoms with Gasteiger partial charge in [0.25, 0.3) is 9.24 Å². The van der Waals surface area contributed by atoms with E-state index >= 15 is 0 Å². The highest BCUT2D eigenvalue weighted by Crippen LogP contribution is 2.31. The van der Waals surface area contributed by atoms with E-state index in [0.717, 1.165) is 12.8 Å². The van der Waals surface area contributed by atoms with E-state index in [-0.39, 0.29) is 5.54 Å². The van der Waals surface area contributed by atoms with Crippen LogP contribution in [-0.4, -0.2) is 24.8 Å². The van der Waals surface area contributed by atoms with Gasteiger partial charge in [-0.3, -0.25) is 0 Å². The van der Waals surface area contributed by atoms with Crippen LogP contribution in [0.4, 0.5) is 0 Å². The SMILES string of the molecule is CC1(C)CCCN1S(=O)(=O)Cl. The van der Waals surface area contributed by atoms with Gasteiger partial charge in [0.05, 0.1) is 0 Å². The van der Waals surface area contributed by atoms with Gasteiger partial charge in [0.15, 0.2) is 0 Å². The molecule has 1 saturated heterocycles. The molecule has 0 aromatic heterocycles. The van der Waals surface area contributed by atoms with Crippen molar-refractivity contribution in [3.05, 3.63) is 0 Å². The second-order valence-corrected chi connectivity index (χ2v) is 5.87. The van der Waals surface area contributed by atoms with Crippen molar-refractivity contribution in [1.82, 2.24) is 4.31 Å². The van der Waals surface area contributed by atoms with Crippen molar-refractivity contribution in [2.75, 3.05) is 6.54 Å². The van der Waals surface area contributed by atoms with Crippen molar-refractivity contribution >= 4 is 19.9 Å². The summed E-state index contributed by atoms with van der Waals surface area (Å²) in [6.07, 6.45) is 1.79. The van der Waals surface area contributed by atoms with E-state index in [1.807, 2.05) is 13.8 Å². The minimum absolute atomic E-state index is 0.291. The van der Waals surface area contributed by atoms with Gasteiger partial charge in [-0.25, -0.2) is 0 Å². The first kappa shape index (κ1) is 9.29. The first-order valence-corrected chi connectivity index (χ1v) is 5.83. The summed E-state index contributed by atoms with van der Waals surface area (Å²) < 4.78 is 23.2. The van der Waals surface area contributed by atoms with Gasteiger partial charge in [0, 0.05) is 22.8 Å². The lowest BCUT2D eigenvalue weighted by molar-refractivity contribution is 0.297. The molecule has 0 aromatic rings. The maximum atomic E-state index is 10.9. The molecule has 0 amide bonds. The lowest BCUT2D eigenvalue weighted by atomic mass is 10.0. The molecule has 0 spiro atoms. The summed E-state index contributed by atoms with van der Waals surface area (Å²) in [5, 5.41) is 0. The smallest absolute Gasteiger partial charge is 0.195 e. The van der Waals surface area contributed by atoms with E-state index in [1.165, 1.54) is 4.31 Å². The fourth-order valence-corrected chi connectivity index (χ4v) is 3.28. The summed E-state index contributed by atoms with van der Waals surface area (Å²) in [7, 11) is 1.72. The fraction of sp³-hybridized carbons (Fsp3) is 1.00. The lowest BCUT2D eigenvalue weighted by Crippen LogP contribution is -2.40. The van der Waals surface area contributed by atoms with Crippen LogP contribution < -0.4 is 0 Å². The molecule has 0 bridgehead atoms. The van der Waals surface area contributed by atoms with Gasteiger partial charge in [-0.1, -0.05) is 0 Å². The van der Waals surface area contributed by atoms with Crippen LogP contribution in [0.5, 0.6) is 0 Å². The average Bonchev–Trinajstić information content (AvgIpc) is 2.06. The summed E-state index contributed by atoms with van der Waals surface area (Å²) in [6.45, 7) is 4.33. The summed E-state index contributed by atoms with van der Waals surface area (Å²) in [5.41, 5.74) is -0.291. The fourth-order valence-electron chi connectivity index (χ4n) is 1.49. The van der Waals surface area contributed by atoms with Crippen LogP contribution in [0.3, 0.4) is 0 Å². The summed E-state index contributed by atoms with van der Waals surface area (Å²) >= 11 is 0. The summed E-state index contributed by atoms with van der Waals surface area (Å²) in [4.78, 5) is 0. The van der Waals surface area contributed by atoms with Gasteiger partial charge in [0.1, 0.15) is 0 Å². The standard InChI is InChI=1S/C6H12ClNO2S/c1-6(2)4-3-5-8(6)11(7,9)10/h3-5H2,1-2H3. The van der Waals surface area contributed by atoms with E-state index in [1.54, 1.807) is 0 Å². The monoisotopic (exact) mass is 197 g/mol. The first-order valence-electron chi connectivity index (χ1n) is 3.56. The van der Waals surface area contributed by atoms with Crippen LogP contribution in [0.1, 0.15) is 26.7 Å². The second-order valence-electron chi connectivity index (χ2n) is 3.43. The van der Waals surface area contributed by atoms with E-state index in [4.69, 9.17) is 10.7 Å². The molecule has 1 aliphatic rings. The molecule has 11 heavy (non-hydrogen) atoms. The molecule has 0 N–H and O–H groups in total. The molecule has 66 valence electrons. The lowest BCUT2D eigenvalue weighted by Gasteiger charge is -2.27. The summed E-state index contributed by atoms with van der Waals surface area (Å²) in [6, 6.07) is 0. The molecule has 0 unspecified atom stereocenters. The van der Waals surface area contributed by atoms with Crippen LogP contribution in [0.15, 0.2) is 0 Å². The number of hydrogen-bond donors (Lipinski definition) is 0. The van der Waals surface area contributed by atoms with E-state index in [0.29, 0.717) is 6.54 Å².